The fraction of sp³-hybridized carbons (Fsp3) is 0.455. The molecule has 222 valence electrons. The third-order valence-corrected chi connectivity index (χ3v) is 8.25. The smallest absolute Gasteiger partial charge is 0.279 e. The van der Waals surface area contributed by atoms with Crippen LogP contribution >= 0.6 is 0 Å². The van der Waals surface area contributed by atoms with Crippen molar-refractivity contribution in [2.24, 2.45) is 0 Å². The number of carbonyl (C=O) groups excluding carboxylic acids is 2. The van der Waals surface area contributed by atoms with Crippen LogP contribution in [0.5, 0.6) is 0 Å². The highest BCUT2D eigenvalue weighted by atomic mass is 16.5. The lowest BCUT2D eigenvalue weighted by Gasteiger charge is -2.39. The van der Waals surface area contributed by atoms with Crippen LogP contribution in [0.25, 0.3) is 0 Å². The Balaban J connectivity index is 1.39. The molecule has 9 heteroatoms. The van der Waals surface area contributed by atoms with Gasteiger partial charge in [0.05, 0.1) is 12.4 Å². The normalized spacial score (nSPS) is 18.7. The minimum Gasteiger partial charge on any atom is -0.373 e. The van der Waals surface area contributed by atoms with E-state index in [1.165, 1.54) is 17.6 Å². The number of anilines is 1. The van der Waals surface area contributed by atoms with E-state index in [1.807, 2.05) is 30.3 Å². The van der Waals surface area contributed by atoms with E-state index < -0.39 is 6.04 Å². The summed E-state index contributed by atoms with van der Waals surface area (Å²) in [5, 5.41) is 3.27. The van der Waals surface area contributed by atoms with E-state index in [9.17, 15) is 9.59 Å². The van der Waals surface area contributed by atoms with Crippen LogP contribution in [0, 0.1) is 0 Å². The van der Waals surface area contributed by atoms with Crippen LogP contribution in [0.3, 0.4) is 0 Å². The number of nitrogens with zero attached hydrogens (tertiary/aromatic N) is 4. The first-order valence-electron chi connectivity index (χ1n) is 14.9. The third kappa shape index (κ3) is 6.73. The number of imidazole rings is 1. The topological polar surface area (TPSA) is 103 Å². The van der Waals surface area contributed by atoms with Crippen molar-refractivity contribution in [2.75, 3.05) is 24.6 Å². The van der Waals surface area contributed by atoms with E-state index in [4.69, 9.17) is 4.74 Å². The van der Waals surface area contributed by atoms with Crippen LogP contribution in [-0.2, 0) is 14.9 Å². The molecule has 5 rings (SSSR count). The van der Waals surface area contributed by atoms with Gasteiger partial charge in [0.25, 0.3) is 5.91 Å². The van der Waals surface area contributed by atoms with Crippen molar-refractivity contribution in [2.45, 2.75) is 76.5 Å². The van der Waals surface area contributed by atoms with Gasteiger partial charge < -0.3 is 19.9 Å². The van der Waals surface area contributed by atoms with E-state index in [-0.39, 0.29) is 35.1 Å². The van der Waals surface area contributed by atoms with E-state index >= 15 is 0 Å². The van der Waals surface area contributed by atoms with Crippen molar-refractivity contribution in [3.63, 3.8) is 0 Å². The number of pyridine rings is 1. The van der Waals surface area contributed by atoms with Gasteiger partial charge in [0.2, 0.25) is 5.91 Å². The molecule has 0 radical (unpaired) electrons. The summed E-state index contributed by atoms with van der Waals surface area (Å²) in [7, 11) is 0. The van der Waals surface area contributed by atoms with E-state index in [0.717, 1.165) is 56.6 Å². The van der Waals surface area contributed by atoms with E-state index in [1.54, 1.807) is 24.7 Å². The summed E-state index contributed by atoms with van der Waals surface area (Å²) in [6.07, 6.45) is 11.3. The summed E-state index contributed by atoms with van der Waals surface area (Å²) in [4.78, 5) is 43.4. The van der Waals surface area contributed by atoms with Crippen molar-refractivity contribution in [3.05, 3.63) is 90.4 Å². The molecule has 0 bridgehead atoms. The van der Waals surface area contributed by atoms with Gasteiger partial charge in [0.15, 0.2) is 0 Å². The van der Waals surface area contributed by atoms with Crippen LogP contribution in [0.1, 0.15) is 80.5 Å². The summed E-state index contributed by atoms with van der Waals surface area (Å²) in [6.45, 7) is 13.1. The Labute approximate surface area is 248 Å². The molecule has 42 heavy (non-hydrogen) atoms. The average molecular weight is 571 g/mol. The number of aromatic nitrogens is 3. The van der Waals surface area contributed by atoms with Crippen molar-refractivity contribution in [1.29, 1.82) is 0 Å². The summed E-state index contributed by atoms with van der Waals surface area (Å²) < 4.78 is 5.95. The zero-order chi connectivity index (χ0) is 29.7. The summed E-state index contributed by atoms with van der Waals surface area (Å²) in [5.41, 5.74) is 3.58. The lowest BCUT2D eigenvalue weighted by atomic mass is 9.87. The molecule has 9 nitrogen and oxygen atoms in total. The highest BCUT2D eigenvalue weighted by Crippen LogP contribution is 2.32. The Morgan fingerprint density at radius 3 is 2.48 bits per heavy atom. The largest absolute Gasteiger partial charge is 0.373 e. The number of benzene rings is 1. The standard InChI is InChI=1S/C33H42N6O3/c1-23(29-9-5-6-19-42-29)38-17-14-26(15-18-38)37-31(40)30(24-8-7-16-34-20-24)39(32(41)28-21-35-22-36-28)27-12-10-25(11-13-27)33(2,3)4/h7-8,10-13,16,20-22,26,29-30H,1,5-6,9,14-15,17-19H2,2-4H3,(H,35,36)(H,37,40). The molecule has 2 saturated heterocycles. The van der Waals surface area contributed by atoms with Gasteiger partial charge in [-0.05, 0) is 61.3 Å². The molecule has 0 spiro atoms. The zero-order valence-corrected chi connectivity index (χ0v) is 24.9. The number of hydrogen-bond donors (Lipinski definition) is 2. The monoisotopic (exact) mass is 570 g/mol. The van der Waals surface area contributed by atoms with Gasteiger partial charge in [-0.1, -0.05) is 45.5 Å². The van der Waals surface area contributed by atoms with Crippen LogP contribution in [0.4, 0.5) is 5.69 Å². The number of H-pyrrole nitrogens is 1. The predicted octanol–water partition coefficient (Wildman–Crippen LogP) is 5.15. The number of amides is 2. The van der Waals surface area contributed by atoms with Gasteiger partial charge >= 0.3 is 0 Å². The molecule has 2 atom stereocenters. The Hall–Kier alpha value is -3.98. The van der Waals surface area contributed by atoms with Gasteiger partial charge in [0.1, 0.15) is 11.7 Å². The Morgan fingerprint density at radius 2 is 1.88 bits per heavy atom. The first-order valence-corrected chi connectivity index (χ1v) is 14.9. The Bertz CT molecular complexity index is 1340. The van der Waals surface area contributed by atoms with Gasteiger partial charge in [-0.2, -0.15) is 0 Å². The third-order valence-electron chi connectivity index (χ3n) is 8.25. The van der Waals surface area contributed by atoms with Gasteiger partial charge in [-0.3, -0.25) is 19.5 Å². The van der Waals surface area contributed by atoms with Crippen LogP contribution in [0.15, 0.2) is 73.6 Å². The maximum absolute atomic E-state index is 14.2. The van der Waals surface area contributed by atoms with Crippen LogP contribution in [0.2, 0.25) is 0 Å². The highest BCUT2D eigenvalue weighted by molar-refractivity contribution is 6.09. The number of piperidine rings is 1. The van der Waals surface area contributed by atoms with E-state index in [2.05, 4.69) is 52.5 Å². The van der Waals surface area contributed by atoms with Crippen molar-refractivity contribution < 1.29 is 14.3 Å². The second-order valence-electron chi connectivity index (χ2n) is 12.2. The molecular formula is C33H42N6O3. The van der Waals surface area contributed by atoms with Crippen molar-refractivity contribution in [3.8, 4) is 0 Å². The molecule has 2 aliphatic heterocycles. The first-order chi connectivity index (χ1) is 20.2. The fourth-order valence-corrected chi connectivity index (χ4v) is 5.76. The predicted molar refractivity (Wildman–Crippen MR) is 163 cm³/mol. The molecule has 2 amide bonds. The van der Waals surface area contributed by atoms with Crippen LogP contribution < -0.4 is 10.2 Å². The molecule has 4 heterocycles. The number of aromatic amines is 1. The number of ether oxygens (including phenoxy) is 1. The second-order valence-corrected chi connectivity index (χ2v) is 12.2. The summed E-state index contributed by atoms with van der Waals surface area (Å²) in [5.74, 6) is -0.623. The van der Waals surface area contributed by atoms with Crippen molar-refractivity contribution in [1.82, 2.24) is 25.2 Å². The van der Waals surface area contributed by atoms with Crippen molar-refractivity contribution >= 4 is 17.5 Å². The summed E-state index contributed by atoms with van der Waals surface area (Å²) >= 11 is 0. The number of nitrogens with one attached hydrogen (secondary N) is 2. The Morgan fingerprint density at radius 1 is 1.12 bits per heavy atom. The lowest BCUT2D eigenvalue weighted by molar-refractivity contribution is -0.123. The number of carbonyl (C=O) groups is 2. The number of hydrogen-bond acceptors (Lipinski definition) is 6. The quantitative estimate of drug-likeness (QED) is 0.388. The fourth-order valence-electron chi connectivity index (χ4n) is 5.76. The maximum atomic E-state index is 14.2. The lowest BCUT2D eigenvalue weighted by Crippen LogP contribution is -2.50. The molecule has 2 N–H and O–H groups in total. The zero-order valence-electron chi connectivity index (χ0n) is 24.9. The van der Waals surface area contributed by atoms with Gasteiger partial charge in [0, 0.05) is 61.3 Å². The van der Waals surface area contributed by atoms with Crippen LogP contribution in [-0.4, -0.2) is 63.5 Å². The average Bonchev–Trinajstić information content (AvgIpc) is 3.55. The summed E-state index contributed by atoms with van der Waals surface area (Å²) in [6, 6.07) is 10.5. The molecule has 0 aliphatic carbocycles. The number of likely N-dealkylation sites (tertiary alicyclic amines) is 1. The Kier molecular flexibility index (Phi) is 9.06. The molecule has 3 aromatic rings. The SMILES string of the molecule is C=C(C1CCCCO1)N1CCC(NC(=O)C(c2cccnc2)N(C(=O)c2c[nH]cn2)c2ccc(C(C)(C)C)cc2)CC1. The molecular weight excluding hydrogens is 528 g/mol. The molecule has 2 aromatic heterocycles. The molecule has 2 aliphatic rings. The minimum absolute atomic E-state index is 0.0291. The highest BCUT2D eigenvalue weighted by Gasteiger charge is 2.36. The molecule has 0 saturated carbocycles. The van der Waals surface area contributed by atoms with E-state index in [0.29, 0.717) is 11.3 Å². The molecule has 1 aromatic carbocycles. The molecule has 2 fully saturated rings. The van der Waals surface area contributed by atoms with Gasteiger partial charge in [-0.25, -0.2) is 4.98 Å². The second kappa shape index (κ2) is 12.9. The minimum atomic E-state index is -0.938. The maximum Gasteiger partial charge on any atom is 0.279 e. The van der Waals surface area contributed by atoms with Gasteiger partial charge in [-0.15, -0.1) is 0 Å². The molecule has 2 unspecified atom stereocenters. The first kappa shape index (κ1) is 29.5. The number of rotatable bonds is 8.